The van der Waals surface area contributed by atoms with E-state index in [-0.39, 0.29) is 12.5 Å². The molecule has 2 rings (SSSR count). The summed E-state index contributed by atoms with van der Waals surface area (Å²) in [6.45, 7) is -0.0281. The fourth-order valence-electron chi connectivity index (χ4n) is 1.46. The smallest absolute Gasteiger partial charge is 0.238 e. The van der Waals surface area contributed by atoms with Crippen molar-refractivity contribution in [1.82, 2.24) is 0 Å². The molecule has 0 atom stereocenters. The third kappa shape index (κ3) is 2.12. The highest BCUT2D eigenvalue weighted by molar-refractivity contribution is 5.96. The molecule has 0 fully saturated rings. The number of hydrogen-bond donors (Lipinski definition) is 2. The summed E-state index contributed by atoms with van der Waals surface area (Å²) in [7, 11) is 0. The number of para-hydroxylation sites is 1. The molecule has 2 aromatic rings. The SMILES string of the molecule is NCC(=O)Nc1ccccc1-c1ccoc1. The second-order valence-corrected chi connectivity index (χ2v) is 3.31. The summed E-state index contributed by atoms with van der Waals surface area (Å²) in [5.74, 6) is -0.212. The first kappa shape index (κ1) is 10.4. The van der Waals surface area contributed by atoms with E-state index in [2.05, 4.69) is 5.32 Å². The molecule has 0 aliphatic heterocycles. The third-order valence-electron chi connectivity index (χ3n) is 2.22. The molecule has 3 N–H and O–H groups in total. The lowest BCUT2D eigenvalue weighted by Crippen LogP contribution is -2.22. The Hall–Kier alpha value is -2.07. The van der Waals surface area contributed by atoms with Gasteiger partial charge in [-0.2, -0.15) is 0 Å². The van der Waals surface area contributed by atoms with Crippen LogP contribution in [0, 0.1) is 0 Å². The van der Waals surface area contributed by atoms with Crippen LogP contribution in [0.1, 0.15) is 0 Å². The maximum Gasteiger partial charge on any atom is 0.238 e. The molecule has 4 heteroatoms. The molecule has 4 nitrogen and oxygen atoms in total. The predicted molar refractivity (Wildman–Crippen MR) is 61.8 cm³/mol. The molecule has 0 aliphatic carbocycles. The lowest BCUT2D eigenvalue weighted by atomic mass is 10.1. The molecule has 0 saturated carbocycles. The van der Waals surface area contributed by atoms with Gasteiger partial charge in [-0.05, 0) is 12.1 Å². The lowest BCUT2D eigenvalue weighted by Gasteiger charge is -2.08. The van der Waals surface area contributed by atoms with E-state index in [0.29, 0.717) is 0 Å². The van der Waals surface area contributed by atoms with E-state index >= 15 is 0 Å². The summed E-state index contributed by atoms with van der Waals surface area (Å²) >= 11 is 0. The van der Waals surface area contributed by atoms with Crippen molar-refractivity contribution in [3.8, 4) is 11.1 Å². The minimum Gasteiger partial charge on any atom is -0.472 e. The van der Waals surface area contributed by atoms with Crippen LogP contribution in [0.25, 0.3) is 11.1 Å². The minimum atomic E-state index is -0.212. The number of furan rings is 1. The molecule has 1 amide bonds. The van der Waals surface area contributed by atoms with E-state index in [0.717, 1.165) is 16.8 Å². The van der Waals surface area contributed by atoms with E-state index in [4.69, 9.17) is 10.2 Å². The number of amides is 1. The van der Waals surface area contributed by atoms with E-state index in [1.54, 1.807) is 12.5 Å². The van der Waals surface area contributed by atoms with Crippen molar-refractivity contribution in [2.45, 2.75) is 0 Å². The average Bonchev–Trinajstić information content (AvgIpc) is 2.83. The number of carbonyl (C=O) groups is 1. The molecule has 0 saturated heterocycles. The van der Waals surface area contributed by atoms with Crippen LogP contribution in [0.5, 0.6) is 0 Å². The van der Waals surface area contributed by atoms with Crippen molar-refractivity contribution in [3.05, 3.63) is 42.9 Å². The number of nitrogens with two attached hydrogens (primary N) is 1. The first-order valence-corrected chi connectivity index (χ1v) is 4.93. The molecular formula is C12H12N2O2. The summed E-state index contributed by atoms with van der Waals surface area (Å²) in [6.07, 6.45) is 3.23. The van der Waals surface area contributed by atoms with Crippen molar-refractivity contribution in [2.24, 2.45) is 5.73 Å². The van der Waals surface area contributed by atoms with Gasteiger partial charge in [-0.15, -0.1) is 0 Å². The molecule has 16 heavy (non-hydrogen) atoms. The molecule has 1 aromatic heterocycles. The first-order valence-electron chi connectivity index (χ1n) is 4.93. The Kier molecular flexibility index (Phi) is 3.03. The maximum absolute atomic E-state index is 11.2. The highest BCUT2D eigenvalue weighted by atomic mass is 16.3. The van der Waals surface area contributed by atoms with Gasteiger partial charge in [0.2, 0.25) is 5.91 Å². The molecule has 0 bridgehead atoms. The summed E-state index contributed by atoms with van der Waals surface area (Å²) in [5, 5.41) is 2.74. The highest BCUT2D eigenvalue weighted by Crippen LogP contribution is 2.27. The van der Waals surface area contributed by atoms with Gasteiger partial charge < -0.3 is 15.5 Å². The Morgan fingerprint density at radius 3 is 2.81 bits per heavy atom. The van der Waals surface area contributed by atoms with E-state index < -0.39 is 0 Å². The summed E-state index contributed by atoms with van der Waals surface area (Å²) < 4.78 is 5.02. The van der Waals surface area contributed by atoms with Gasteiger partial charge in [0.1, 0.15) is 0 Å². The zero-order valence-electron chi connectivity index (χ0n) is 8.64. The van der Waals surface area contributed by atoms with Crippen LogP contribution in [-0.4, -0.2) is 12.5 Å². The van der Waals surface area contributed by atoms with Crippen LogP contribution in [0.4, 0.5) is 5.69 Å². The van der Waals surface area contributed by atoms with Gasteiger partial charge in [0.05, 0.1) is 19.1 Å². The number of benzene rings is 1. The molecule has 82 valence electrons. The quantitative estimate of drug-likeness (QED) is 0.822. The van der Waals surface area contributed by atoms with Gasteiger partial charge in [0.25, 0.3) is 0 Å². The third-order valence-corrected chi connectivity index (χ3v) is 2.22. The van der Waals surface area contributed by atoms with Crippen molar-refractivity contribution >= 4 is 11.6 Å². The molecule has 0 aliphatic rings. The van der Waals surface area contributed by atoms with Gasteiger partial charge in [-0.3, -0.25) is 4.79 Å². The van der Waals surface area contributed by atoms with Crippen LogP contribution in [-0.2, 0) is 4.79 Å². The molecule has 0 radical (unpaired) electrons. The van der Waals surface area contributed by atoms with Crippen LogP contribution in [0.3, 0.4) is 0 Å². The van der Waals surface area contributed by atoms with Crippen LogP contribution in [0.2, 0.25) is 0 Å². The largest absolute Gasteiger partial charge is 0.472 e. The molecule has 1 aromatic carbocycles. The van der Waals surface area contributed by atoms with Gasteiger partial charge in [-0.25, -0.2) is 0 Å². The molecule has 1 heterocycles. The summed E-state index contributed by atoms with van der Waals surface area (Å²) in [6, 6.07) is 9.34. The van der Waals surface area contributed by atoms with Crippen LogP contribution in [0.15, 0.2) is 47.3 Å². The average molecular weight is 216 g/mol. The Labute approximate surface area is 93.1 Å². The second kappa shape index (κ2) is 4.63. The standard InChI is InChI=1S/C12H12N2O2/c13-7-12(15)14-11-4-2-1-3-10(11)9-5-6-16-8-9/h1-6,8H,7,13H2,(H,14,15). The second-order valence-electron chi connectivity index (χ2n) is 3.31. The number of nitrogens with one attached hydrogen (secondary N) is 1. The topological polar surface area (TPSA) is 68.3 Å². The predicted octanol–water partition coefficient (Wildman–Crippen LogP) is 1.84. The van der Waals surface area contributed by atoms with Crippen molar-refractivity contribution in [1.29, 1.82) is 0 Å². The van der Waals surface area contributed by atoms with Crippen molar-refractivity contribution in [2.75, 3.05) is 11.9 Å². The molecular weight excluding hydrogens is 204 g/mol. The first-order chi connectivity index (χ1) is 7.81. The fraction of sp³-hybridized carbons (Fsp3) is 0.0833. The Bertz CT molecular complexity index is 478. The van der Waals surface area contributed by atoms with Gasteiger partial charge in [0.15, 0.2) is 0 Å². The number of anilines is 1. The van der Waals surface area contributed by atoms with Gasteiger partial charge in [-0.1, -0.05) is 18.2 Å². The maximum atomic E-state index is 11.2. The van der Waals surface area contributed by atoms with Crippen LogP contribution < -0.4 is 11.1 Å². The monoisotopic (exact) mass is 216 g/mol. The Balaban J connectivity index is 2.35. The summed E-state index contributed by atoms with van der Waals surface area (Å²) in [5.41, 5.74) is 7.83. The van der Waals surface area contributed by atoms with E-state index in [9.17, 15) is 4.79 Å². The Morgan fingerprint density at radius 1 is 1.31 bits per heavy atom. The number of rotatable bonds is 3. The van der Waals surface area contributed by atoms with Gasteiger partial charge >= 0.3 is 0 Å². The number of hydrogen-bond acceptors (Lipinski definition) is 3. The van der Waals surface area contributed by atoms with Gasteiger partial charge in [0, 0.05) is 16.8 Å². The molecule has 0 spiro atoms. The zero-order valence-corrected chi connectivity index (χ0v) is 8.64. The van der Waals surface area contributed by atoms with E-state index in [1.807, 2.05) is 30.3 Å². The normalized spacial score (nSPS) is 10.1. The minimum absolute atomic E-state index is 0.0281. The van der Waals surface area contributed by atoms with E-state index in [1.165, 1.54) is 0 Å². The molecule has 0 unspecified atom stereocenters. The lowest BCUT2D eigenvalue weighted by molar-refractivity contribution is -0.114. The zero-order chi connectivity index (χ0) is 11.4. The summed E-state index contributed by atoms with van der Waals surface area (Å²) in [4.78, 5) is 11.2. The van der Waals surface area contributed by atoms with Crippen LogP contribution >= 0.6 is 0 Å². The Morgan fingerprint density at radius 2 is 2.12 bits per heavy atom. The van der Waals surface area contributed by atoms with Crippen molar-refractivity contribution < 1.29 is 9.21 Å². The van der Waals surface area contributed by atoms with Crippen molar-refractivity contribution in [3.63, 3.8) is 0 Å². The highest BCUT2D eigenvalue weighted by Gasteiger charge is 2.07. The number of carbonyl (C=O) groups excluding carboxylic acids is 1. The fourth-order valence-corrected chi connectivity index (χ4v) is 1.46.